The van der Waals surface area contributed by atoms with Crippen LogP contribution in [0.25, 0.3) is 0 Å². The predicted octanol–water partition coefficient (Wildman–Crippen LogP) is 3.05. The molecule has 0 saturated carbocycles. The normalized spacial score (nSPS) is 8.60. The smallest absolute Gasteiger partial charge is 0.0694 e. The van der Waals surface area contributed by atoms with Gasteiger partial charge in [-0.1, -0.05) is 27.5 Å². The lowest BCUT2D eigenvalue weighted by atomic mass is 10.4. The van der Waals surface area contributed by atoms with Crippen molar-refractivity contribution in [3.63, 3.8) is 0 Å². The molecule has 0 spiro atoms. The quantitative estimate of drug-likeness (QED) is 0.690. The van der Waals surface area contributed by atoms with E-state index in [9.17, 15) is 0 Å². The largest absolute Gasteiger partial charge is 0.259 e. The van der Waals surface area contributed by atoms with Crippen molar-refractivity contribution in [1.82, 2.24) is 4.98 Å². The first-order chi connectivity index (χ1) is 4.34. The first kappa shape index (κ1) is 10.2. The van der Waals surface area contributed by atoms with Crippen LogP contribution in [0, 0.1) is 0 Å². The Kier molecular flexibility index (Phi) is 5.04. The van der Waals surface area contributed by atoms with Crippen LogP contribution in [-0.2, 0) is 5.33 Å². The average molecular weight is 243 g/mol. The Hall–Kier alpha value is 0.210. The van der Waals surface area contributed by atoms with Crippen molar-refractivity contribution < 1.29 is 0 Å². The van der Waals surface area contributed by atoms with Crippen LogP contribution in [0.1, 0.15) is 5.69 Å². The minimum absolute atomic E-state index is 0. The third-order valence-corrected chi connectivity index (χ3v) is 1.84. The van der Waals surface area contributed by atoms with E-state index in [1.165, 1.54) is 0 Å². The lowest BCUT2D eigenvalue weighted by Gasteiger charge is -1.94. The summed E-state index contributed by atoms with van der Waals surface area (Å²) >= 11 is 8.99. The molecule has 0 aliphatic carbocycles. The summed E-state index contributed by atoms with van der Waals surface area (Å²) in [5, 5.41) is 1.43. The summed E-state index contributed by atoms with van der Waals surface area (Å²) < 4.78 is 0. The average Bonchev–Trinajstić information content (AvgIpc) is 1.89. The molecule has 10 heavy (non-hydrogen) atoms. The van der Waals surface area contributed by atoms with Gasteiger partial charge < -0.3 is 0 Å². The van der Waals surface area contributed by atoms with Crippen molar-refractivity contribution in [3.05, 3.63) is 29.0 Å². The van der Waals surface area contributed by atoms with Crippen LogP contribution in [0.4, 0.5) is 0 Å². The highest BCUT2D eigenvalue weighted by atomic mass is 79.9. The van der Waals surface area contributed by atoms with Gasteiger partial charge >= 0.3 is 0 Å². The predicted molar refractivity (Wildman–Crippen MR) is 49.1 cm³/mol. The van der Waals surface area contributed by atoms with Crippen molar-refractivity contribution in [2.75, 3.05) is 0 Å². The molecule has 1 rings (SSSR count). The fourth-order valence-corrected chi connectivity index (χ4v) is 1.31. The maximum atomic E-state index is 5.73. The van der Waals surface area contributed by atoms with Crippen molar-refractivity contribution >= 4 is 39.9 Å². The molecule has 0 N–H and O–H groups in total. The van der Waals surface area contributed by atoms with Crippen molar-refractivity contribution in [3.8, 4) is 0 Å². The van der Waals surface area contributed by atoms with Gasteiger partial charge in [0.2, 0.25) is 0 Å². The molecule has 0 bridgehead atoms. The zero-order chi connectivity index (χ0) is 6.69. The van der Waals surface area contributed by atoms with Crippen LogP contribution in [0.3, 0.4) is 0 Å². The Labute approximate surface area is 79.3 Å². The SMILES string of the molecule is Cl.Clc1cccnc1CBr. The molecular formula is C6H6BrCl2N. The number of rotatable bonds is 1. The van der Waals surface area contributed by atoms with E-state index in [0.717, 1.165) is 10.7 Å². The molecule has 0 atom stereocenters. The molecule has 1 nitrogen and oxygen atoms in total. The van der Waals surface area contributed by atoms with Crippen molar-refractivity contribution in [1.29, 1.82) is 0 Å². The standard InChI is InChI=1S/C6H5BrClN.ClH/c7-4-6-5(8)2-1-3-9-6;/h1-3H,4H2;1H. The third-order valence-electron chi connectivity index (χ3n) is 0.961. The molecular weight excluding hydrogens is 237 g/mol. The zero-order valence-corrected chi connectivity index (χ0v) is 8.21. The lowest BCUT2D eigenvalue weighted by Crippen LogP contribution is -1.82. The van der Waals surface area contributed by atoms with Crippen LogP contribution in [-0.4, -0.2) is 4.98 Å². The van der Waals surface area contributed by atoms with Gasteiger partial charge in [0.1, 0.15) is 0 Å². The second-order valence-corrected chi connectivity index (χ2v) is 2.53. The number of halogens is 3. The summed E-state index contributed by atoms with van der Waals surface area (Å²) in [6, 6.07) is 3.64. The van der Waals surface area contributed by atoms with E-state index in [2.05, 4.69) is 20.9 Å². The minimum Gasteiger partial charge on any atom is -0.259 e. The topological polar surface area (TPSA) is 12.9 Å². The van der Waals surface area contributed by atoms with Gasteiger partial charge in [0, 0.05) is 11.5 Å². The van der Waals surface area contributed by atoms with Gasteiger partial charge in [0.15, 0.2) is 0 Å². The Morgan fingerprint density at radius 1 is 1.60 bits per heavy atom. The number of pyridine rings is 1. The molecule has 1 aromatic heterocycles. The Morgan fingerprint density at radius 2 is 2.30 bits per heavy atom. The molecule has 0 aliphatic rings. The van der Waals surface area contributed by atoms with Gasteiger partial charge in [-0.25, -0.2) is 0 Å². The summed E-state index contributed by atoms with van der Waals surface area (Å²) in [6.45, 7) is 0. The molecule has 0 saturated heterocycles. The Morgan fingerprint density at radius 3 is 2.70 bits per heavy atom. The van der Waals surface area contributed by atoms with E-state index in [-0.39, 0.29) is 12.4 Å². The van der Waals surface area contributed by atoms with Crippen molar-refractivity contribution in [2.24, 2.45) is 0 Å². The summed E-state index contributed by atoms with van der Waals surface area (Å²) in [6.07, 6.45) is 1.72. The van der Waals surface area contributed by atoms with Gasteiger partial charge in [0.05, 0.1) is 10.7 Å². The maximum Gasteiger partial charge on any atom is 0.0694 e. The van der Waals surface area contributed by atoms with E-state index in [1.54, 1.807) is 6.20 Å². The maximum absolute atomic E-state index is 5.73. The lowest BCUT2D eigenvalue weighted by molar-refractivity contribution is 1.19. The Bertz CT molecular complexity index is 205. The van der Waals surface area contributed by atoms with Crippen molar-refractivity contribution in [2.45, 2.75) is 5.33 Å². The number of alkyl halides is 1. The molecule has 1 aromatic rings. The van der Waals surface area contributed by atoms with Gasteiger partial charge in [-0.05, 0) is 12.1 Å². The summed E-state index contributed by atoms with van der Waals surface area (Å²) in [5.74, 6) is 0. The molecule has 4 heteroatoms. The van der Waals surface area contributed by atoms with E-state index < -0.39 is 0 Å². The molecule has 0 fully saturated rings. The highest BCUT2D eigenvalue weighted by Crippen LogP contribution is 2.14. The number of hydrogen-bond acceptors (Lipinski definition) is 1. The van der Waals surface area contributed by atoms with Crippen LogP contribution in [0.15, 0.2) is 18.3 Å². The summed E-state index contributed by atoms with van der Waals surface area (Å²) in [5.41, 5.74) is 0.888. The molecule has 0 unspecified atom stereocenters. The summed E-state index contributed by atoms with van der Waals surface area (Å²) in [7, 11) is 0. The van der Waals surface area contributed by atoms with Crippen LogP contribution in [0.2, 0.25) is 5.02 Å². The molecule has 1 heterocycles. The van der Waals surface area contributed by atoms with E-state index >= 15 is 0 Å². The fraction of sp³-hybridized carbons (Fsp3) is 0.167. The highest BCUT2D eigenvalue weighted by Gasteiger charge is 1.94. The highest BCUT2D eigenvalue weighted by molar-refractivity contribution is 9.08. The van der Waals surface area contributed by atoms with Crippen LogP contribution < -0.4 is 0 Å². The monoisotopic (exact) mass is 241 g/mol. The van der Waals surface area contributed by atoms with Gasteiger partial charge in [-0.3, -0.25) is 4.98 Å². The first-order valence-electron chi connectivity index (χ1n) is 2.50. The molecule has 0 aromatic carbocycles. The number of hydrogen-bond donors (Lipinski definition) is 0. The van der Waals surface area contributed by atoms with E-state index in [0.29, 0.717) is 5.33 Å². The number of aromatic nitrogens is 1. The Balaban J connectivity index is 0.000000810. The zero-order valence-electron chi connectivity index (χ0n) is 5.05. The van der Waals surface area contributed by atoms with Gasteiger partial charge in [-0.2, -0.15) is 0 Å². The second-order valence-electron chi connectivity index (χ2n) is 1.57. The number of nitrogens with zero attached hydrogens (tertiary/aromatic N) is 1. The van der Waals surface area contributed by atoms with Crippen LogP contribution >= 0.6 is 39.9 Å². The van der Waals surface area contributed by atoms with E-state index in [1.807, 2.05) is 12.1 Å². The molecule has 0 amide bonds. The van der Waals surface area contributed by atoms with E-state index in [4.69, 9.17) is 11.6 Å². The summed E-state index contributed by atoms with van der Waals surface area (Å²) in [4.78, 5) is 4.02. The van der Waals surface area contributed by atoms with Gasteiger partial charge in [-0.15, -0.1) is 12.4 Å². The van der Waals surface area contributed by atoms with Gasteiger partial charge in [0.25, 0.3) is 0 Å². The molecule has 56 valence electrons. The molecule has 0 radical (unpaired) electrons. The minimum atomic E-state index is 0. The van der Waals surface area contributed by atoms with Crippen LogP contribution in [0.5, 0.6) is 0 Å². The third kappa shape index (κ3) is 2.45. The first-order valence-corrected chi connectivity index (χ1v) is 4.00. The fourth-order valence-electron chi connectivity index (χ4n) is 0.517. The second kappa shape index (κ2) is 4.94. The molecule has 0 aliphatic heterocycles.